The molecule has 1 amide bonds. The molecule has 5 heteroatoms. The normalized spacial score (nSPS) is 11.1. The van der Waals surface area contributed by atoms with Crippen LogP contribution in [0, 0.1) is 19.7 Å². The highest BCUT2D eigenvalue weighted by Gasteiger charge is 2.10. The number of para-hydroxylation sites is 1. The topological polar surface area (TPSA) is 34.0 Å². The largest absolute Gasteiger partial charge is 0.350 e. The Labute approximate surface area is 186 Å². The number of carbonyl (C=O) groups excluding carboxylic acids is 1. The van der Waals surface area contributed by atoms with E-state index in [1.165, 1.54) is 22.4 Å². The lowest BCUT2D eigenvalue weighted by Crippen LogP contribution is -2.27. The van der Waals surface area contributed by atoms with Crippen LogP contribution >= 0.6 is 11.8 Å². The molecule has 0 radical (unpaired) electrons. The van der Waals surface area contributed by atoms with Gasteiger partial charge in [0, 0.05) is 46.4 Å². The zero-order valence-electron chi connectivity index (χ0n) is 17.7. The predicted molar refractivity (Wildman–Crippen MR) is 126 cm³/mol. The molecule has 1 aromatic heterocycles. The van der Waals surface area contributed by atoms with Crippen LogP contribution in [0.15, 0.2) is 77.8 Å². The molecule has 0 spiro atoms. The number of halogens is 1. The molecule has 0 aliphatic heterocycles. The molecular weight excluding hydrogens is 407 g/mol. The fraction of sp³-hybridized carbons (Fsp3) is 0.192. The molecule has 4 aromatic rings. The number of benzene rings is 3. The molecular formula is C26H25FN2OS. The first-order valence-corrected chi connectivity index (χ1v) is 11.3. The van der Waals surface area contributed by atoms with E-state index < -0.39 is 0 Å². The average molecular weight is 433 g/mol. The monoisotopic (exact) mass is 432 g/mol. The van der Waals surface area contributed by atoms with E-state index in [4.69, 9.17) is 0 Å². The maximum Gasteiger partial charge on any atom is 0.251 e. The van der Waals surface area contributed by atoms with E-state index in [-0.39, 0.29) is 11.7 Å². The van der Waals surface area contributed by atoms with Crippen LogP contribution in [0.2, 0.25) is 0 Å². The van der Waals surface area contributed by atoms with Gasteiger partial charge in [0.05, 0.1) is 0 Å². The molecule has 0 unspecified atom stereocenters. The van der Waals surface area contributed by atoms with Gasteiger partial charge in [-0.1, -0.05) is 47.5 Å². The summed E-state index contributed by atoms with van der Waals surface area (Å²) >= 11 is 1.74. The van der Waals surface area contributed by atoms with Crippen molar-refractivity contribution < 1.29 is 9.18 Å². The van der Waals surface area contributed by atoms with E-state index >= 15 is 0 Å². The molecule has 158 valence electrons. The summed E-state index contributed by atoms with van der Waals surface area (Å²) in [6.45, 7) is 5.24. The molecule has 31 heavy (non-hydrogen) atoms. The summed E-state index contributed by atoms with van der Waals surface area (Å²) in [5.74, 6) is 0.514. The number of hydrogen-bond acceptors (Lipinski definition) is 2. The van der Waals surface area contributed by atoms with Crippen LogP contribution < -0.4 is 5.32 Å². The van der Waals surface area contributed by atoms with Gasteiger partial charge in [-0.25, -0.2) is 4.39 Å². The number of thioether (sulfide) groups is 1. The number of fused-ring (bicyclic) bond motifs is 1. The first-order valence-electron chi connectivity index (χ1n) is 10.3. The molecule has 0 atom stereocenters. The summed E-state index contributed by atoms with van der Waals surface area (Å²) < 4.78 is 15.3. The highest BCUT2D eigenvalue weighted by atomic mass is 32.2. The van der Waals surface area contributed by atoms with Crippen molar-refractivity contribution in [1.82, 2.24) is 9.88 Å². The fourth-order valence-corrected chi connectivity index (χ4v) is 4.80. The Morgan fingerprint density at radius 2 is 1.71 bits per heavy atom. The summed E-state index contributed by atoms with van der Waals surface area (Å²) in [7, 11) is 0. The number of nitrogens with one attached hydrogen (secondary N) is 1. The quantitative estimate of drug-likeness (QED) is 0.357. The lowest BCUT2D eigenvalue weighted by molar-refractivity contribution is 0.0952. The third kappa shape index (κ3) is 5.17. The predicted octanol–water partition coefficient (Wildman–Crippen LogP) is 6.12. The van der Waals surface area contributed by atoms with Gasteiger partial charge in [0.1, 0.15) is 5.82 Å². The molecule has 0 aliphatic carbocycles. The minimum Gasteiger partial charge on any atom is -0.350 e. The van der Waals surface area contributed by atoms with Crippen molar-refractivity contribution in [3.63, 3.8) is 0 Å². The minimum absolute atomic E-state index is 0.0471. The molecule has 1 N–H and O–H groups in total. The van der Waals surface area contributed by atoms with Gasteiger partial charge in [-0.05, 0) is 49.7 Å². The Bertz CT molecular complexity index is 1190. The second-order valence-electron chi connectivity index (χ2n) is 7.75. The van der Waals surface area contributed by atoms with Crippen LogP contribution in [0.25, 0.3) is 10.9 Å². The van der Waals surface area contributed by atoms with Gasteiger partial charge >= 0.3 is 0 Å². The van der Waals surface area contributed by atoms with Crippen molar-refractivity contribution in [2.24, 2.45) is 0 Å². The van der Waals surface area contributed by atoms with Gasteiger partial charge in [0.2, 0.25) is 0 Å². The molecule has 0 saturated heterocycles. The number of nitrogens with zero attached hydrogens (tertiary/aromatic N) is 1. The fourth-order valence-electron chi connectivity index (χ4n) is 3.75. The second kappa shape index (κ2) is 9.40. The first-order chi connectivity index (χ1) is 15.0. The van der Waals surface area contributed by atoms with Gasteiger partial charge in [0.25, 0.3) is 5.91 Å². The number of aryl methyl sites for hydroxylation is 2. The molecule has 3 nitrogen and oxygen atoms in total. The molecule has 3 aromatic carbocycles. The lowest BCUT2D eigenvalue weighted by atomic mass is 10.1. The van der Waals surface area contributed by atoms with Crippen LogP contribution in [0.3, 0.4) is 0 Å². The van der Waals surface area contributed by atoms with E-state index in [9.17, 15) is 9.18 Å². The molecule has 4 rings (SSSR count). The highest BCUT2D eigenvalue weighted by molar-refractivity contribution is 7.98. The van der Waals surface area contributed by atoms with E-state index in [1.54, 1.807) is 11.8 Å². The van der Waals surface area contributed by atoms with Gasteiger partial charge in [-0.15, -0.1) is 11.8 Å². The van der Waals surface area contributed by atoms with E-state index in [0.29, 0.717) is 18.7 Å². The first kappa shape index (κ1) is 21.2. The Kier molecular flexibility index (Phi) is 6.42. The van der Waals surface area contributed by atoms with Crippen molar-refractivity contribution >= 4 is 28.6 Å². The molecule has 0 bridgehead atoms. The van der Waals surface area contributed by atoms with Crippen LogP contribution in [0.1, 0.15) is 27.0 Å². The van der Waals surface area contributed by atoms with Crippen LogP contribution in [-0.4, -0.2) is 17.0 Å². The SMILES string of the molecule is Cc1cc(C)cc(C(=O)NCCn2cc(SCc3ccc(F)cc3)c3ccccc32)c1. The maximum absolute atomic E-state index is 13.1. The van der Waals surface area contributed by atoms with Gasteiger partial charge in [-0.2, -0.15) is 0 Å². The average Bonchev–Trinajstić information content (AvgIpc) is 3.10. The Morgan fingerprint density at radius 3 is 2.45 bits per heavy atom. The highest BCUT2D eigenvalue weighted by Crippen LogP contribution is 2.32. The molecule has 0 aliphatic rings. The molecule has 0 fully saturated rings. The van der Waals surface area contributed by atoms with Crippen LogP contribution in [-0.2, 0) is 12.3 Å². The molecule has 1 heterocycles. The lowest BCUT2D eigenvalue weighted by Gasteiger charge is -2.09. The van der Waals surface area contributed by atoms with Gasteiger partial charge in [0.15, 0.2) is 0 Å². The summed E-state index contributed by atoms with van der Waals surface area (Å²) in [5.41, 5.74) is 5.10. The summed E-state index contributed by atoms with van der Waals surface area (Å²) in [5, 5.41) is 4.23. The summed E-state index contributed by atoms with van der Waals surface area (Å²) in [4.78, 5) is 13.7. The Hall–Kier alpha value is -3.05. The van der Waals surface area contributed by atoms with Crippen molar-refractivity contribution in [2.45, 2.75) is 31.0 Å². The van der Waals surface area contributed by atoms with Crippen molar-refractivity contribution in [2.75, 3.05) is 6.54 Å². The number of amides is 1. The van der Waals surface area contributed by atoms with Crippen molar-refractivity contribution in [3.8, 4) is 0 Å². The van der Waals surface area contributed by atoms with Gasteiger partial charge < -0.3 is 9.88 Å². The third-order valence-electron chi connectivity index (χ3n) is 5.18. The van der Waals surface area contributed by atoms with E-state index in [0.717, 1.165) is 28.0 Å². The Morgan fingerprint density at radius 1 is 1.00 bits per heavy atom. The Balaban J connectivity index is 1.44. The van der Waals surface area contributed by atoms with Crippen molar-refractivity contribution in [3.05, 3.63) is 101 Å². The van der Waals surface area contributed by atoms with Crippen LogP contribution in [0.5, 0.6) is 0 Å². The standard InChI is InChI=1S/C26H25FN2OS/c1-18-13-19(2)15-21(14-18)26(30)28-11-12-29-16-25(23-5-3-4-6-24(23)29)31-17-20-7-9-22(27)10-8-20/h3-10,13-16H,11-12,17H2,1-2H3,(H,28,30). The number of aromatic nitrogens is 1. The summed E-state index contributed by atoms with van der Waals surface area (Å²) in [6.07, 6.45) is 2.14. The number of rotatable bonds is 7. The smallest absolute Gasteiger partial charge is 0.251 e. The van der Waals surface area contributed by atoms with Crippen LogP contribution in [0.4, 0.5) is 4.39 Å². The van der Waals surface area contributed by atoms with Crippen molar-refractivity contribution in [1.29, 1.82) is 0 Å². The maximum atomic E-state index is 13.1. The zero-order valence-corrected chi connectivity index (χ0v) is 18.5. The number of hydrogen-bond donors (Lipinski definition) is 1. The third-order valence-corrected chi connectivity index (χ3v) is 6.30. The van der Waals surface area contributed by atoms with E-state index in [1.807, 2.05) is 50.2 Å². The second-order valence-corrected chi connectivity index (χ2v) is 8.77. The van der Waals surface area contributed by atoms with Gasteiger partial charge in [-0.3, -0.25) is 4.79 Å². The zero-order chi connectivity index (χ0) is 21.8. The minimum atomic E-state index is -0.215. The number of carbonyl (C=O) groups is 1. The summed E-state index contributed by atoms with van der Waals surface area (Å²) in [6, 6.07) is 20.8. The van der Waals surface area contributed by atoms with E-state index in [2.05, 4.69) is 34.3 Å². The molecule has 0 saturated carbocycles.